The Morgan fingerprint density at radius 2 is 2.30 bits per heavy atom. The third-order valence-electron chi connectivity index (χ3n) is 1.02. The standard InChI is InChI=1S/C6H8FN2S/c1-4(2)3-5-6(7)8-9-10-5/h3H2,1-2H3. The Hall–Kier alpha value is -0.510. The van der Waals surface area contributed by atoms with Crippen molar-refractivity contribution in [3.05, 3.63) is 16.7 Å². The van der Waals surface area contributed by atoms with Gasteiger partial charge in [0.2, 0.25) is 5.95 Å². The van der Waals surface area contributed by atoms with E-state index < -0.39 is 5.95 Å². The van der Waals surface area contributed by atoms with Crippen molar-refractivity contribution in [1.29, 1.82) is 0 Å². The fourth-order valence-electron chi connectivity index (χ4n) is 0.625. The molecule has 0 saturated carbocycles. The summed E-state index contributed by atoms with van der Waals surface area (Å²) in [5.41, 5.74) is 0. The van der Waals surface area contributed by atoms with Gasteiger partial charge in [0.15, 0.2) is 0 Å². The van der Waals surface area contributed by atoms with Crippen LogP contribution >= 0.6 is 11.5 Å². The second kappa shape index (κ2) is 3.05. The van der Waals surface area contributed by atoms with Gasteiger partial charge in [0.05, 0.1) is 4.88 Å². The summed E-state index contributed by atoms with van der Waals surface area (Å²) in [6, 6.07) is 0. The minimum absolute atomic E-state index is 0.425. The van der Waals surface area contributed by atoms with Crippen LogP contribution in [0.4, 0.5) is 4.39 Å². The maximum atomic E-state index is 12.5. The quantitative estimate of drug-likeness (QED) is 0.658. The predicted octanol–water partition coefficient (Wildman–Crippen LogP) is 1.83. The highest BCUT2D eigenvalue weighted by Crippen LogP contribution is 2.14. The molecule has 1 aromatic heterocycles. The van der Waals surface area contributed by atoms with Crippen LogP contribution in [0.2, 0.25) is 0 Å². The largest absolute Gasteiger partial charge is 0.248 e. The predicted molar refractivity (Wildman–Crippen MR) is 38.2 cm³/mol. The second-order valence-corrected chi connectivity index (χ2v) is 3.21. The molecule has 0 saturated heterocycles. The minimum Gasteiger partial charge on any atom is -0.182 e. The maximum absolute atomic E-state index is 12.5. The highest BCUT2D eigenvalue weighted by molar-refractivity contribution is 7.05. The third-order valence-corrected chi connectivity index (χ3v) is 1.72. The Morgan fingerprint density at radius 1 is 1.60 bits per heavy atom. The Bertz CT molecular complexity index is 209. The molecule has 0 atom stereocenters. The van der Waals surface area contributed by atoms with E-state index >= 15 is 0 Å². The molecule has 0 spiro atoms. The van der Waals surface area contributed by atoms with Crippen LogP contribution in [0.1, 0.15) is 18.7 Å². The molecular weight excluding hydrogens is 151 g/mol. The molecule has 0 aliphatic carbocycles. The van der Waals surface area contributed by atoms with Crippen molar-refractivity contribution in [2.75, 3.05) is 0 Å². The van der Waals surface area contributed by atoms with Gasteiger partial charge >= 0.3 is 0 Å². The van der Waals surface area contributed by atoms with Crippen LogP contribution in [-0.2, 0) is 6.42 Å². The zero-order chi connectivity index (χ0) is 7.56. The van der Waals surface area contributed by atoms with Crippen molar-refractivity contribution in [2.24, 2.45) is 0 Å². The molecule has 1 radical (unpaired) electrons. The summed E-state index contributed by atoms with van der Waals surface area (Å²) in [5.74, 6) is 0.746. The van der Waals surface area contributed by atoms with E-state index in [1.807, 2.05) is 13.8 Å². The van der Waals surface area contributed by atoms with Crippen LogP contribution in [0, 0.1) is 11.9 Å². The molecule has 0 aliphatic rings. The van der Waals surface area contributed by atoms with Crippen LogP contribution in [0.15, 0.2) is 0 Å². The smallest absolute Gasteiger partial charge is 0.182 e. The summed E-state index contributed by atoms with van der Waals surface area (Å²) in [4.78, 5) is 0.625. The molecule has 55 valence electrons. The van der Waals surface area contributed by atoms with E-state index in [1.165, 1.54) is 5.92 Å². The number of rotatable bonds is 2. The molecule has 0 bridgehead atoms. The molecule has 0 N–H and O–H groups in total. The average molecular weight is 159 g/mol. The SMILES string of the molecule is C[C](C)Cc1snnc1F. The van der Waals surface area contributed by atoms with E-state index in [0.717, 1.165) is 11.5 Å². The second-order valence-electron chi connectivity index (χ2n) is 2.37. The number of aromatic nitrogens is 2. The Balaban J connectivity index is 2.65. The lowest BCUT2D eigenvalue weighted by Gasteiger charge is -1.97. The van der Waals surface area contributed by atoms with Crippen molar-refractivity contribution in [3.8, 4) is 0 Å². The Labute approximate surface area is 63.2 Å². The van der Waals surface area contributed by atoms with Gasteiger partial charge < -0.3 is 0 Å². The lowest BCUT2D eigenvalue weighted by molar-refractivity contribution is 0.566. The molecule has 0 aliphatic heterocycles. The summed E-state index contributed by atoms with van der Waals surface area (Å²) in [5, 5.41) is 3.26. The van der Waals surface area contributed by atoms with Gasteiger partial charge in [0, 0.05) is 0 Å². The van der Waals surface area contributed by atoms with Gasteiger partial charge in [0.25, 0.3) is 0 Å². The molecule has 0 fully saturated rings. The van der Waals surface area contributed by atoms with Crippen LogP contribution in [0.25, 0.3) is 0 Å². The van der Waals surface area contributed by atoms with E-state index in [2.05, 4.69) is 9.59 Å². The number of hydrogen-bond donors (Lipinski definition) is 0. The van der Waals surface area contributed by atoms with Gasteiger partial charge in [0.1, 0.15) is 0 Å². The van der Waals surface area contributed by atoms with Crippen molar-refractivity contribution in [3.63, 3.8) is 0 Å². The summed E-state index contributed by atoms with van der Waals surface area (Å²) in [6.45, 7) is 3.92. The van der Waals surface area contributed by atoms with Gasteiger partial charge in [-0.2, -0.15) is 4.39 Å². The van der Waals surface area contributed by atoms with Crippen molar-refractivity contribution in [1.82, 2.24) is 9.59 Å². The molecule has 1 aromatic rings. The van der Waals surface area contributed by atoms with Crippen molar-refractivity contribution in [2.45, 2.75) is 20.3 Å². The molecule has 0 amide bonds. The lowest BCUT2D eigenvalue weighted by Crippen LogP contribution is -1.91. The molecular formula is C6H8FN2S. The molecule has 1 rings (SSSR count). The normalized spacial score (nSPS) is 10.8. The fraction of sp³-hybridized carbons (Fsp3) is 0.500. The molecule has 4 heteroatoms. The highest BCUT2D eigenvalue weighted by Gasteiger charge is 2.07. The summed E-state index contributed by atoms with van der Waals surface area (Å²) >= 11 is 1.12. The number of hydrogen-bond acceptors (Lipinski definition) is 3. The van der Waals surface area contributed by atoms with Gasteiger partial charge in [-0.15, -0.1) is 5.10 Å². The zero-order valence-corrected chi connectivity index (χ0v) is 6.70. The lowest BCUT2D eigenvalue weighted by atomic mass is 10.1. The Morgan fingerprint density at radius 3 is 2.70 bits per heavy atom. The molecule has 0 unspecified atom stereocenters. The van der Waals surface area contributed by atoms with E-state index in [9.17, 15) is 4.39 Å². The van der Waals surface area contributed by atoms with E-state index in [0.29, 0.717) is 11.3 Å². The summed E-state index contributed by atoms with van der Waals surface area (Å²) < 4.78 is 16.0. The first kappa shape index (κ1) is 7.60. The van der Waals surface area contributed by atoms with Crippen molar-refractivity contribution >= 4 is 11.5 Å². The summed E-state index contributed by atoms with van der Waals surface area (Å²) in [7, 11) is 0. The minimum atomic E-state index is -0.425. The van der Waals surface area contributed by atoms with Gasteiger partial charge in [-0.1, -0.05) is 18.3 Å². The number of halogens is 1. The van der Waals surface area contributed by atoms with Gasteiger partial charge in [-0.25, -0.2) is 0 Å². The van der Waals surface area contributed by atoms with Crippen molar-refractivity contribution < 1.29 is 4.39 Å². The highest BCUT2D eigenvalue weighted by atomic mass is 32.1. The van der Waals surface area contributed by atoms with E-state index in [4.69, 9.17) is 0 Å². The molecule has 2 nitrogen and oxygen atoms in total. The van der Waals surface area contributed by atoms with Crippen LogP contribution in [-0.4, -0.2) is 9.59 Å². The monoisotopic (exact) mass is 159 g/mol. The summed E-state index contributed by atoms with van der Waals surface area (Å²) in [6.07, 6.45) is 0.656. The first-order valence-electron chi connectivity index (χ1n) is 2.96. The fourth-order valence-corrected chi connectivity index (χ4v) is 1.31. The topological polar surface area (TPSA) is 25.8 Å². The first-order valence-corrected chi connectivity index (χ1v) is 3.73. The number of nitrogens with zero attached hydrogens (tertiary/aromatic N) is 2. The molecule has 1 heterocycles. The van der Waals surface area contributed by atoms with Gasteiger partial charge in [-0.05, 0) is 23.9 Å². The van der Waals surface area contributed by atoms with Gasteiger partial charge in [-0.3, -0.25) is 0 Å². The third kappa shape index (κ3) is 1.73. The molecule has 0 aromatic carbocycles. The van der Waals surface area contributed by atoms with Crippen LogP contribution in [0.3, 0.4) is 0 Å². The van der Waals surface area contributed by atoms with E-state index in [1.54, 1.807) is 0 Å². The zero-order valence-electron chi connectivity index (χ0n) is 5.89. The average Bonchev–Trinajstić information content (AvgIpc) is 2.15. The van der Waals surface area contributed by atoms with E-state index in [-0.39, 0.29) is 0 Å². The first-order chi connectivity index (χ1) is 4.70. The Kier molecular flexibility index (Phi) is 2.32. The molecule has 10 heavy (non-hydrogen) atoms. The maximum Gasteiger partial charge on any atom is 0.248 e. The van der Waals surface area contributed by atoms with Crippen LogP contribution in [0.5, 0.6) is 0 Å². The van der Waals surface area contributed by atoms with Crippen LogP contribution < -0.4 is 0 Å².